The van der Waals surface area contributed by atoms with Crippen LogP contribution in [0.15, 0.2) is 24.3 Å². The highest BCUT2D eigenvalue weighted by atomic mass is 35.5. The molecular weight excluding hydrogens is 326 g/mol. The molecule has 24 heavy (non-hydrogen) atoms. The molecule has 1 aromatic rings. The lowest BCUT2D eigenvalue weighted by molar-refractivity contribution is -0.194. The van der Waals surface area contributed by atoms with E-state index >= 15 is 0 Å². The predicted octanol–water partition coefficient (Wildman–Crippen LogP) is 3.67. The number of nitrogens with zero attached hydrogens (tertiary/aromatic N) is 1. The number of benzene rings is 1. The number of rotatable bonds is 4. The van der Waals surface area contributed by atoms with E-state index in [1.54, 1.807) is 6.07 Å². The van der Waals surface area contributed by atoms with Crippen molar-refractivity contribution in [2.24, 2.45) is 5.92 Å². The van der Waals surface area contributed by atoms with E-state index in [2.05, 4.69) is 18.0 Å². The van der Waals surface area contributed by atoms with Crippen LogP contribution < -0.4 is 0 Å². The van der Waals surface area contributed by atoms with E-state index in [1.165, 1.54) is 18.4 Å². The van der Waals surface area contributed by atoms with Crippen molar-refractivity contribution in [2.45, 2.75) is 49.9 Å². The third-order valence-corrected chi connectivity index (χ3v) is 6.00. The Morgan fingerprint density at radius 3 is 2.38 bits per heavy atom. The summed E-state index contributed by atoms with van der Waals surface area (Å²) in [5, 5.41) is 9.97. The van der Waals surface area contributed by atoms with Gasteiger partial charge in [0.1, 0.15) is 5.75 Å². The number of phenols is 1. The van der Waals surface area contributed by atoms with Crippen molar-refractivity contribution in [2.75, 3.05) is 26.8 Å². The van der Waals surface area contributed by atoms with Gasteiger partial charge in [-0.05, 0) is 56.3 Å². The molecule has 1 aliphatic heterocycles. The Kier molecular flexibility index (Phi) is 5.12. The molecule has 0 atom stereocenters. The van der Waals surface area contributed by atoms with Crippen LogP contribution in [-0.4, -0.2) is 42.6 Å². The molecule has 4 rings (SSSR count). The number of aromatic hydroxyl groups is 1. The molecule has 3 aliphatic rings. The summed E-state index contributed by atoms with van der Waals surface area (Å²) in [6.45, 7) is 2.58. The van der Waals surface area contributed by atoms with Gasteiger partial charge in [0.25, 0.3) is 0 Å². The minimum atomic E-state index is -0.346. The second kappa shape index (κ2) is 6.83. The zero-order chi connectivity index (χ0) is 15.9. The van der Waals surface area contributed by atoms with Crippen molar-refractivity contribution >= 4 is 12.4 Å². The Morgan fingerprint density at radius 1 is 1.12 bits per heavy atom. The number of hydrogen-bond donors (Lipinski definition) is 1. The number of hydrogen-bond acceptors (Lipinski definition) is 4. The average molecular weight is 354 g/mol. The summed E-state index contributed by atoms with van der Waals surface area (Å²) in [4.78, 5) is 2.53. The highest BCUT2D eigenvalue weighted by Crippen LogP contribution is 2.49. The Hall–Kier alpha value is -0.810. The lowest BCUT2D eigenvalue weighted by Gasteiger charge is -2.49. The van der Waals surface area contributed by atoms with Gasteiger partial charge < -0.3 is 14.6 Å². The molecule has 1 spiro atoms. The fourth-order valence-electron chi connectivity index (χ4n) is 4.38. The maximum absolute atomic E-state index is 9.97. The molecule has 3 fully saturated rings. The first-order valence-corrected chi connectivity index (χ1v) is 8.91. The average Bonchev–Trinajstić information content (AvgIpc) is 3.26. The first-order valence-electron chi connectivity index (χ1n) is 8.91. The van der Waals surface area contributed by atoms with Crippen molar-refractivity contribution in [3.63, 3.8) is 0 Å². The van der Waals surface area contributed by atoms with Crippen LogP contribution in [0.4, 0.5) is 0 Å². The Labute approximate surface area is 150 Å². The first kappa shape index (κ1) is 18.0. The van der Waals surface area contributed by atoms with Crippen molar-refractivity contribution in [1.29, 1.82) is 0 Å². The molecule has 134 valence electrons. The molecule has 1 heterocycles. The summed E-state index contributed by atoms with van der Waals surface area (Å²) in [5.41, 5.74) is 1.22. The molecule has 0 aromatic heterocycles. The van der Waals surface area contributed by atoms with E-state index in [1.807, 2.05) is 12.1 Å². The van der Waals surface area contributed by atoms with Gasteiger partial charge in [-0.1, -0.05) is 12.1 Å². The molecule has 0 unspecified atom stereocenters. The molecule has 1 saturated heterocycles. The van der Waals surface area contributed by atoms with Gasteiger partial charge in [0.15, 0.2) is 5.79 Å². The molecule has 4 nitrogen and oxygen atoms in total. The molecule has 0 radical (unpaired) electrons. The molecule has 2 aliphatic carbocycles. The predicted molar refractivity (Wildman–Crippen MR) is 95.5 cm³/mol. The Balaban J connectivity index is 0.00000169. The molecule has 0 bridgehead atoms. The standard InChI is InChI=1S/C19H27NO3.ClH/c1-20(14-15-5-6-15)18(16-3-2-4-17(21)13-16)7-9-19(10-8-18)22-11-12-23-19;/h2-4,13,15,21H,5-12,14H2,1H3;1H. The summed E-state index contributed by atoms with van der Waals surface area (Å²) in [6, 6.07) is 7.82. The second-order valence-electron chi connectivity index (χ2n) is 7.51. The number of ether oxygens (including phenoxy) is 2. The second-order valence-corrected chi connectivity index (χ2v) is 7.51. The lowest BCUT2D eigenvalue weighted by Crippen LogP contribution is -2.51. The third-order valence-electron chi connectivity index (χ3n) is 6.00. The zero-order valence-corrected chi connectivity index (χ0v) is 15.2. The van der Waals surface area contributed by atoms with E-state index in [9.17, 15) is 5.11 Å². The minimum absolute atomic E-state index is 0. The van der Waals surface area contributed by atoms with E-state index in [4.69, 9.17) is 9.47 Å². The van der Waals surface area contributed by atoms with E-state index in [0.717, 1.165) is 51.4 Å². The van der Waals surface area contributed by atoms with Gasteiger partial charge in [0.05, 0.1) is 13.2 Å². The van der Waals surface area contributed by atoms with Gasteiger partial charge in [-0.3, -0.25) is 4.90 Å². The van der Waals surface area contributed by atoms with Gasteiger partial charge in [0.2, 0.25) is 0 Å². The smallest absolute Gasteiger partial charge is 0.168 e. The molecule has 1 N–H and O–H groups in total. The summed E-state index contributed by atoms with van der Waals surface area (Å²) in [5.74, 6) is 0.861. The maximum Gasteiger partial charge on any atom is 0.168 e. The monoisotopic (exact) mass is 353 g/mol. The molecule has 1 aromatic carbocycles. The van der Waals surface area contributed by atoms with Gasteiger partial charge >= 0.3 is 0 Å². The SMILES string of the molecule is CN(CC1CC1)C1(c2cccc(O)c2)CCC2(CC1)OCCO2.Cl. The number of halogens is 1. The largest absolute Gasteiger partial charge is 0.508 e. The van der Waals surface area contributed by atoms with E-state index in [0.29, 0.717) is 5.75 Å². The van der Waals surface area contributed by atoms with Gasteiger partial charge in [-0.25, -0.2) is 0 Å². The fourth-order valence-corrected chi connectivity index (χ4v) is 4.38. The van der Waals surface area contributed by atoms with Crippen LogP contribution in [0.2, 0.25) is 0 Å². The molecule has 0 amide bonds. The van der Waals surface area contributed by atoms with Crippen LogP contribution in [0, 0.1) is 5.92 Å². The van der Waals surface area contributed by atoms with Crippen molar-refractivity contribution < 1.29 is 14.6 Å². The van der Waals surface area contributed by atoms with Crippen molar-refractivity contribution in [3.8, 4) is 5.75 Å². The lowest BCUT2D eigenvalue weighted by atomic mass is 9.73. The zero-order valence-electron chi connectivity index (χ0n) is 14.4. The van der Waals surface area contributed by atoms with E-state index < -0.39 is 0 Å². The highest BCUT2D eigenvalue weighted by molar-refractivity contribution is 5.85. The van der Waals surface area contributed by atoms with E-state index in [-0.39, 0.29) is 23.7 Å². The van der Waals surface area contributed by atoms with Crippen molar-refractivity contribution in [1.82, 2.24) is 4.90 Å². The van der Waals surface area contributed by atoms with Crippen LogP contribution >= 0.6 is 12.4 Å². The minimum Gasteiger partial charge on any atom is -0.508 e. The van der Waals surface area contributed by atoms with Crippen LogP contribution in [0.1, 0.15) is 44.1 Å². The first-order chi connectivity index (χ1) is 11.1. The number of phenolic OH excluding ortho intramolecular Hbond substituents is 1. The Morgan fingerprint density at radius 2 is 1.79 bits per heavy atom. The quantitative estimate of drug-likeness (QED) is 0.896. The fraction of sp³-hybridized carbons (Fsp3) is 0.684. The van der Waals surface area contributed by atoms with Crippen molar-refractivity contribution in [3.05, 3.63) is 29.8 Å². The highest BCUT2D eigenvalue weighted by Gasteiger charge is 2.49. The Bertz CT molecular complexity index is 559. The third kappa shape index (κ3) is 3.30. The summed E-state index contributed by atoms with van der Waals surface area (Å²) < 4.78 is 11.8. The van der Waals surface area contributed by atoms with Crippen LogP contribution in [0.25, 0.3) is 0 Å². The van der Waals surface area contributed by atoms with Crippen LogP contribution in [0.3, 0.4) is 0 Å². The summed E-state index contributed by atoms with van der Waals surface area (Å²) in [7, 11) is 2.25. The van der Waals surface area contributed by atoms with Gasteiger partial charge in [0, 0.05) is 24.9 Å². The molecule has 5 heteroatoms. The molecular formula is C19H28ClNO3. The topological polar surface area (TPSA) is 41.9 Å². The normalized spacial score (nSPS) is 24.9. The maximum atomic E-state index is 9.97. The molecule has 2 saturated carbocycles. The summed E-state index contributed by atoms with van der Waals surface area (Å²) in [6.07, 6.45) is 6.60. The summed E-state index contributed by atoms with van der Waals surface area (Å²) >= 11 is 0. The van der Waals surface area contributed by atoms with Gasteiger partial charge in [-0.2, -0.15) is 0 Å². The van der Waals surface area contributed by atoms with Crippen LogP contribution in [0.5, 0.6) is 5.75 Å². The van der Waals surface area contributed by atoms with Gasteiger partial charge in [-0.15, -0.1) is 12.4 Å². The van der Waals surface area contributed by atoms with Crippen LogP contribution in [-0.2, 0) is 15.0 Å².